The minimum Gasteiger partial charge on any atom is -0.433 e. The van der Waals surface area contributed by atoms with Crippen LogP contribution in [0.5, 0.6) is 5.75 Å². The molecule has 1 aliphatic rings. The van der Waals surface area contributed by atoms with Crippen molar-refractivity contribution in [3.05, 3.63) is 24.3 Å². The van der Waals surface area contributed by atoms with Gasteiger partial charge in [-0.3, -0.25) is 0 Å². The van der Waals surface area contributed by atoms with Crippen LogP contribution in [0.15, 0.2) is 24.3 Å². The fourth-order valence-corrected chi connectivity index (χ4v) is 2.09. The minimum atomic E-state index is -2.84. The van der Waals surface area contributed by atoms with Gasteiger partial charge in [0.2, 0.25) is 0 Å². The number of nitrogens with one attached hydrogen (secondary N) is 1. The van der Waals surface area contributed by atoms with Crippen molar-refractivity contribution in [3.63, 3.8) is 0 Å². The maximum absolute atomic E-state index is 12.2. The van der Waals surface area contributed by atoms with E-state index in [-0.39, 0.29) is 11.8 Å². The third-order valence-corrected chi connectivity index (χ3v) is 2.92. The summed E-state index contributed by atoms with van der Waals surface area (Å²) in [5, 5.41) is 12.7. The van der Waals surface area contributed by atoms with Gasteiger partial charge in [0.25, 0.3) is 0 Å². The van der Waals surface area contributed by atoms with Crippen molar-refractivity contribution in [3.8, 4) is 5.75 Å². The molecule has 0 heterocycles. The molecule has 94 valence electrons. The third-order valence-electron chi connectivity index (χ3n) is 2.92. The summed E-state index contributed by atoms with van der Waals surface area (Å²) in [7, 11) is 0. The molecule has 1 aromatic carbocycles. The second kappa shape index (κ2) is 5.31. The van der Waals surface area contributed by atoms with Crippen molar-refractivity contribution < 1.29 is 18.6 Å². The van der Waals surface area contributed by atoms with Crippen LogP contribution < -0.4 is 10.1 Å². The average molecular weight is 243 g/mol. The van der Waals surface area contributed by atoms with Crippen molar-refractivity contribution in [1.29, 1.82) is 0 Å². The second-order valence-electron chi connectivity index (χ2n) is 4.12. The van der Waals surface area contributed by atoms with Crippen molar-refractivity contribution in [2.75, 3.05) is 5.32 Å². The fraction of sp³-hybridized carbons (Fsp3) is 0.500. The number of aliphatic hydroxyl groups is 1. The largest absolute Gasteiger partial charge is 0.433 e. The van der Waals surface area contributed by atoms with Crippen LogP contribution in [0.2, 0.25) is 0 Å². The highest BCUT2D eigenvalue weighted by atomic mass is 19.3. The first-order valence-corrected chi connectivity index (χ1v) is 5.65. The lowest BCUT2D eigenvalue weighted by Crippen LogP contribution is -2.28. The summed E-state index contributed by atoms with van der Waals surface area (Å²) in [6.45, 7) is -2.84. The Hall–Kier alpha value is -1.36. The van der Waals surface area contributed by atoms with Crippen LogP contribution in [-0.4, -0.2) is 23.9 Å². The molecule has 5 heteroatoms. The van der Waals surface area contributed by atoms with Gasteiger partial charge in [0.05, 0.1) is 17.8 Å². The zero-order chi connectivity index (χ0) is 12.3. The van der Waals surface area contributed by atoms with E-state index in [4.69, 9.17) is 0 Å². The number of para-hydroxylation sites is 2. The van der Waals surface area contributed by atoms with E-state index in [0.717, 1.165) is 19.3 Å². The van der Waals surface area contributed by atoms with Crippen LogP contribution in [0, 0.1) is 0 Å². The topological polar surface area (TPSA) is 41.5 Å². The zero-order valence-electron chi connectivity index (χ0n) is 9.27. The standard InChI is InChI=1S/C12H15F2NO2/c13-12(14)17-11-7-2-1-4-9(11)15-8-5-3-6-10(8)16/h1-2,4,7-8,10,12,15-16H,3,5-6H2/t8-,10-/m1/s1. The van der Waals surface area contributed by atoms with E-state index in [1.807, 2.05) is 0 Å². The van der Waals surface area contributed by atoms with E-state index in [1.54, 1.807) is 18.2 Å². The molecule has 0 bridgehead atoms. The molecule has 2 rings (SSSR count). The first-order valence-electron chi connectivity index (χ1n) is 5.65. The van der Waals surface area contributed by atoms with Crippen LogP contribution in [0.25, 0.3) is 0 Å². The maximum atomic E-state index is 12.2. The molecule has 0 radical (unpaired) electrons. The number of ether oxygens (including phenoxy) is 1. The molecule has 1 aliphatic carbocycles. The Morgan fingerprint density at radius 2 is 2.06 bits per heavy atom. The summed E-state index contributed by atoms with van der Waals surface area (Å²) in [6, 6.07) is 6.44. The fourth-order valence-electron chi connectivity index (χ4n) is 2.09. The lowest BCUT2D eigenvalue weighted by molar-refractivity contribution is -0.0494. The molecular weight excluding hydrogens is 228 g/mol. The average Bonchev–Trinajstić information content (AvgIpc) is 2.67. The number of anilines is 1. The van der Waals surface area contributed by atoms with E-state index in [0.29, 0.717) is 5.69 Å². The first kappa shape index (κ1) is 12.1. The summed E-state index contributed by atoms with van der Waals surface area (Å²) in [4.78, 5) is 0. The van der Waals surface area contributed by atoms with Gasteiger partial charge in [-0.25, -0.2) is 0 Å². The van der Waals surface area contributed by atoms with Crippen LogP contribution >= 0.6 is 0 Å². The smallest absolute Gasteiger partial charge is 0.387 e. The molecule has 0 saturated heterocycles. The number of hydrogen-bond donors (Lipinski definition) is 2. The Morgan fingerprint density at radius 1 is 1.29 bits per heavy atom. The SMILES string of the molecule is O[C@@H]1CCC[C@H]1Nc1ccccc1OC(F)F. The molecule has 1 aromatic rings. The van der Waals surface area contributed by atoms with E-state index < -0.39 is 12.7 Å². The molecule has 2 atom stereocenters. The summed E-state index contributed by atoms with van der Waals surface area (Å²) in [5.74, 6) is 0.113. The summed E-state index contributed by atoms with van der Waals surface area (Å²) < 4.78 is 28.8. The van der Waals surface area contributed by atoms with Gasteiger partial charge in [0, 0.05) is 0 Å². The molecule has 3 nitrogen and oxygen atoms in total. The van der Waals surface area contributed by atoms with Gasteiger partial charge >= 0.3 is 6.61 Å². The minimum absolute atomic E-state index is 0.0857. The van der Waals surface area contributed by atoms with Gasteiger partial charge in [-0.05, 0) is 31.4 Å². The summed E-state index contributed by atoms with van der Waals surface area (Å²) >= 11 is 0. The predicted octanol–water partition coefficient (Wildman–Crippen LogP) is 2.61. The van der Waals surface area contributed by atoms with Gasteiger partial charge in [-0.15, -0.1) is 0 Å². The number of halogens is 2. The number of aliphatic hydroxyl groups excluding tert-OH is 1. The highest BCUT2D eigenvalue weighted by Crippen LogP contribution is 2.29. The number of rotatable bonds is 4. The molecule has 1 saturated carbocycles. The lowest BCUT2D eigenvalue weighted by atomic mass is 10.2. The van der Waals surface area contributed by atoms with Crippen molar-refractivity contribution in [2.45, 2.75) is 38.0 Å². The van der Waals surface area contributed by atoms with Gasteiger partial charge in [-0.1, -0.05) is 12.1 Å². The lowest BCUT2D eigenvalue weighted by Gasteiger charge is -2.20. The summed E-state index contributed by atoms with van der Waals surface area (Å²) in [5.41, 5.74) is 0.499. The van der Waals surface area contributed by atoms with E-state index in [2.05, 4.69) is 10.1 Å². The monoisotopic (exact) mass is 243 g/mol. The molecule has 17 heavy (non-hydrogen) atoms. The van der Waals surface area contributed by atoms with Gasteiger partial charge in [-0.2, -0.15) is 8.78 Å². The molecule has 0 unspecified atom stereocenters. The van der Waals surface area contributed by atoms with Gasteiger partial charge < -0.3 is 15.2 Å². The normalized spacial score (nSPS) is 24.0. The Morgan fingerprint density at radius 3 is 2.71 bits per heavy atom. The van der Waals surface area contributed by atoms with Crippen LogP contribution in [-0.2, 0) is 0 Å². The van der Waals surface area contributed by atoms with Crippen LogP contribution in [0.1, 0.15) is 19.3 Å². The Balaban J connectivity index is 2.09. The van der Waals surface area contributed by atoms with E-state index in [1.165, 1.54) is 6.07 Å². The number of alkyl halides is 2. The number of hydrogen-bond acceptors (Lipinski definition) is 3. The van der Waals surface area contributed by atoms with Gasteiger partial charge in [0.15, 0.2) is 0 Å². The Kier molecular flexibility index (Phi) is 3.78. The summed E-state index contributed by atoms with van der Waals surface area (Å²) in [6.07, 6.45) is 2.10. The molecule has 0 amide bonds. The molecule has 1 fully saturated rings. The molecule has 0 spiro atoms. The van der Waals surface area contributed by atoms with Crippen molar-refractivity contribution >= 4 is 5.69 Å². The van der Waals surface area contributed by atoms with Gasteiger partial charge in [0.1, 0.15) is 5.75 Å². The Bertz CT molecular complexity index is 373. The molecular formula is C12H15F2NO2. The highest BCUT2D eigenvalue weighted by molar-refractivity contribution is 5.57. The zero-order valence-corrected chi connectivity index (χ0v) is 9.27. The van der Waals surface area contributed by atoms with Crippen LogP contribution in [0.3, 0.4) is 0 Å². The van der Waals surface area contributed by atoms with Crippen molar-refractivity contribution in [1.82, 2.24) is 0 Å². The molecule has 2 N–H and O–H groups in total. The predicted molar refractivity (Wildman–Crippen MR) is 60.3 cm³/mol. The first-order chi connectivity index (χ1) is 8.16. The van der Waals surface area contributed by atoms with E-state index >= 15 is 0 Å². The Labute approximate surface area is 98.4 Å². The quantitative estimate of drug-likeness (QED) is 0.854. The van der Waals surface area contributed by atoms with E-state index in [9.17, 15) is 13.9 Å². The highest BCUT2D eigenvalue weighted by Gasteiger charge is 2.25. The second-order valence-corrected chi connectivity index (χ2v) is 4.12. The molecule has 0 aliphatic heterocycles. The third kappa shape index (κ3) is 3.06. The molecule has 0 aromatic heterocycles. The number of benzene rings is 1. The van der Waals surface area contributed by atoms with Crippen molar-refractivity contribution in [2.24, 2.45) is 0 Å². The van der Waals surface area contributed by atoms with Crippen LogP contribution in [0.4, 0.5) is 14.5 Å². The maximum Gasteiger partial charge on any atom is 0.387 e.